The van der Waals surface area contributed by atoms with Crippen LogP contribution in [0.25, 0.3) is 0 Å². The Morgan fingerprint density at radius 2 is 2.06 bits per heavy atom. The first-order chi connectivity index (χ1) is 10.9. The molecule has 1 aliphatic rings. The molecule has 1 fully saturated rings. The van der Waals surface area contributed by atoms with Crippen LogP contribution in [0.5, 0.6) is 0 Å². The molecule has 17 heavy (non-hydrogen) atoms. The minimum Gasteiger partial charge on any atom is -0.398 e. The summed E-state index contributed by atoms with van der Waals surface area (Å²) in [5, 5.41) is 3.72. The third-order valence-electron chi connectivity index (χ3n) is 3.34. The fraction of sp³-hybridized carbons (Fsp3) is 0.750. The van der Waals surface area contributed by atoms with Crippen molar-refractivity contribution in [2.75, 3.05) is 0 Å². The summed E-state index contributed by atoms with van der Waals surface area (Å²) in [6, 6.07) is 1.11. The maximum atomic E-state index is 7.95. The van der Waals surface area contributed by atoms with Gasteiger partial charge in [-0.05, 0) is 47.5 Å². The molecule has 1 saturated heterocycles. The Bertz CT molecular complexity index is 649. The maximum Gasteiger partial charge on any atom is 0.514 e. The van der Waals surface area contributed by atoms with E-state index in [0.717, 1.165) is 6.07 Å². The summed E-state index contributed by atoms with van der Waals surface area (Å²) in [5.41, 5.74) is -2.05. The molecule has 0 saturated carbocycles. The van der Waals surface area contributed by atoms with E-state index in [1.165, 1.54) is 0 Å². The molecule has 1 aromatic rings. The average molecular weight is 244 g/mol. The number of aromatic nitrogens is 2. The minimum absolute atomic E-state index is 0.0918. The summed E-state index contributed by atoms with van der Waals surface area (Å²) < 4.78 is 72.8. The van der Waals surface area contributed by atoms with Crippen LogP contribution in [-0.2, 0) is 15.8 Å². The molecule has 5 heteroatoms. The summed E-state index contributed by atoms with van der Waals surface area (Å²) in [6.45, 7) is -1.53. The van der Waals surface area contributed by atoms with Crippen LogP contribution in [0.2, 0.25) is 0 Å². The van der Waals surface area contributed by atoms with Gasteiger partial charge in [0.25, 0.3) is 0 Å². The normalized spacial score (nSPS) is 31.4. The lowest BCUT2D eigenvalue weighted by molar-refractivity contribution is 0.00578. The van der Waals surface area contributed by atoms with E-state index in [4.69, 9.17) is 20.3 Å². The average Bonchev–Trinajstić information content (AvgIpc) is 2.87. The van der Waals surface area contributed by atoms with Crippen molar-refractivity contribution in [3.05, 3.63) is 11.8 Å². The van der Waals surface area contributed by atoms with Crippen LogP contribution in [0.3, 0.4) is 0 Å². The van der Waals surface area contributed by atoms with Gasteiger partial charge in [-0.1, -0.05) is 0 Å². The predicted octanol–water partition coefficient (Wildman–Crippen LogP) is 1.51. The Hall–Kier alpha value is -0.805. The highest BCUT2D eigenvalue weighted by molar-refractivity contribution is 6.61. The first-order valence-corrected chi connectivity index (χ1v) is 5.37. The second-order valence-corrected chi connectivity index (χ2v) is 5.07. The first kappa shape index (κ1) is 5.89. The van der Waals surface area contributed by atoms with Crippen molar-refractivity contribution in [2.24, 2.45) is 0 Å². The molecule has 0 bridgehead atoms. The minimum atomic E-state index is -3.07. The van der Waals surface area contributed by atoms with Crippen LogP contribution < -0.4 is 5.59 Å². The molecule has 0 atom stereocenters. The zero-order valence-corrected chi connectivity index (χ0v) is 10.4. The molecule has 0 radical (unpaired) electrons. The van der Waals surface area contributed by atoms with Gasteiger partial charge in [0.2, 0.25) is 0 Å². The van der Waals surface area contributed by atoms with E-state index in [0.29, 0.717) is 4.68 Å². The van der Waals surface area contributed by atoms with E-state index in [1.54, 1.807) is 27.7 Å². The molecule has 0 spiro atoms. The Morgan fingerprint density at radius 3 is 2.59 bits per heavy atom. The lowest BCUT2D eigenvalue weighted by Crippen LogP contribution is -2.41. The Labute approximate surface area is 115 Å². The van der Waals surface area contributed by atoms with Crippen LogP contribution >= 0.6 is 0 Å². The summed E-state index contributed by atoms with van der Waals surface area (Å²) in [7, 11) is -1.15. The standard InChI is InChI=1S/C12H21BN2O2/c1-7-15-10(8-9(2)14-15)13-16-11(3,4)12(5,6)17-13/h8H,7H2,1-6H3/i1D3,2D3,7D2. The van der Waals surface area contributed by atoms with Gasteiger partial charge in [0.05, 0.1) is 25.2 Å². The molecule has 0 amide bonds. The molecule has 0 aliphatic carbocycles. The Kier molecular flexibility index (Phi) is 1.33. The predicted molar refractivity (Wildman–Crippen MR) is 68.4 cm³/mol. The van der Waals surface area contributed by atoms with Gasteiger partial charge >= 0.3 is 7.12 Å². The highest BCUT2D eigenvalue weighted by Gasteiger charge is 2.52. The third-order valence-corrected chi connectivity index (χ3v) is 3.34. The molecule has 94 valence electrons. The van der Waals surface area contributed by atoms with E-state index in [-0.39, 0.29) is 5.59 Å². The second kappa shape index (κ2) is 3.85. The SMILES string of the molecule is [2H]C([2H])([2H])c1cc(B2OC(C)(C)C(C)(C)O2)n(C([2H])([2H])C([2H])([2H])[2H])n1. The maximum absolute atomic E-state index is 7.95. The van der Waals surface area contributed by atoms with E-state index >= 15 is 0 Å². The van der Waals surface area contributed by atoms with E-state index in [9.17, 15) is 0 Å². The highest BCUT2D eigenvalue weighted by atomic mass is 16.7. The van der Waals surface area contributed by atoms with Gasteiger partial charge in [-0.25, -0.2) is 0 Å². The fourth-order valence-corrected chi connectivity index (χ4v) is 1.62. The number of rotatable bonds is 2. The van der Waals surface area contributed by atoms with Crippen LogP contribution in [0.4, 0.5) is 0 Å². The molecule has 1 aliphatic heterocycles. The largest absolute Gasteiger partial charge is 0.514 e. The smallest absolute Gasteiger partial charge is 0.398 e. The van der Waals surface area contributed by atoms with Gasteiger partial charge in [0.1, 0.15) is 0 Å². The number of hydrogen-bond acceptors (Lipinski definition) is 3. The zero-order valence-electron chi connectivity index (χ0n) is 18.4. The van der Waals surface area contributed by atoms with Gasteiger partial charge in [0.15, 0.2) is 0 Å². The number of hydrogen-bond donors (Lipinski definition) is 0. The van der Waals surface area contributed by atoms with Crippen molar-refractivity contribution in [2.45, 2.75) is 59.1 Å². The van der Waals surface area contributed by atoms with Crippen molar-refractivity contribution in [1.29, 1.82) is 0 Å². The monoisotopic (exact) mass is 244 g/mol. The molecule has 2 rings (SSSR count). The van der Waals surface area contributed by atoms with E-state index in [2.05, 4.69) is 5.10 Å². The molecule has 4 nitrogen and oxygen atoms in total. The van der Waals surface area contributed by atoms with Crippen LogP contribution in [0.15, 0.2) is 6.07 Å². The second-order valence-electron chi connectivity index (χ2n) is 5.07. The van der Waals surface area contributed by atoms with Gasteiger partial charge in [-0.15, -0.1) is 0 Å². The van der Waals surface area contributed by atoms with Crippen molar-refractivity contribution >= 4 is 12.7 Å². The molecule has 0 N–H and O–H groups in total. The van der Waals surface area contributed by atoms with Gasteiger partial charge in [-0.3, -0.25) is 4.68 Å². The van der Waals surface area contributed by atoms with E-state index < -0.39 is 44.2 Å². The van der Waals surface area contributed by atoms with Gasteiger partial charge in [0, 0.05) is 14.7 Å². The van der Waals surface area contributed by atoms with Crippen LogP contribution in [-0.4, -0.2) is 28.1 Å². The summed E-state index contributed by atoms with van der Waals surface area (Å²) in [4.78, 5) is 0. The molecular weight excluding hydrogens is 215 g/mol. The molecular formula is C12H21BN2O2. The summed E-state index contributed by atoms with van der Waals surface area (Å²) in [5.74, 6) is 0. The molecule has 2 heterocycles. The quantitative estimate of drug-likeness (QED) is 0.740. The van der Waals surface area contributed by atoms with Crippen molar-refractivity contribution < 1.29 is 20.3 Å². The summed E-state index contributed by atoms with van der Waals surface area (Å²) >= 11 is 0. The number of nitrogens with zero attached hydrogens (tertiary/aromatic N) is 2. The van der Waals surface area contributed by atoms with Crippen molar-refractivity contribution in [3.8, 4) is 0 Å². The molecule has 0 aromatic carbocycles. The Balaban J connectivity index is 2.60. The van der Waals surface area contributed by atoms with Gasteiger partial charge in [-0.2, -0.15) is 5.10 Å². The van der Waals surface area contributed by atoms with Crippen LogP contribution in [0.1, 0.15) is 51.2 Å². The summed E-state index contributed by atoms with van der Waals surface area (Å²) in [6.07, 6.45) is 0. The topological polar surface area (TPSA) is 36.3 Å². The van der Waals surface area contributed by atoms with Crippen molar-refractivity contribution in [3.63, 3.8) is 0 Å². The van der Waals surface area contributed by atoms with Crippen LogP contribution in [0, 0.1) is 6.85 Å². The lowest BCUT2D eigenvalue weighted by Gasteiger charge is -2.32. The van der Waals surface area contributed by atoms with Gasteiger partial charge < -0.3 is 9.31 Å². The first-order valence-electron chi connectivity index (χ1n) is 9.37. The fourth-order valence-electron chi connectivity index (χ4n) is 1.62. The third kappa shape index (κ3) is 2.02. The highest BCUT2D eigenvalue weighted by Crippen LogP contribution is 2.36. The van der Waals surface area contributed by atoms with E-state index in [1.807, 2.05) is 0 Å². The molecule has 0 unspecified atom stereocenters. The molecule has 1 aromatic heterocycles. The lowest BCUT2D eigenvalue weighted by atomic mass is 9.84. The Morgan fingerprint density at radius 1 is 1.41 bits per heavy atom. The van der Waals surface area contributed by atoms with Crippen molar-refractivity contribution in [1.82, 2.24) is 9.78 Å². The zero-order chi connectivity index (χ0) is 19.6. The number of aryl methyl sites for hydroxylation is 2.